The fourth-order valence-electron chi connectivity index (χ4n) is 11.7. The number of aliphatic hydroxyl groups excluding tert-OH is 2. The summed E-state index contributed by atoms with van der Waals surface area (Å²) in [5, 5.41) is 23.2. The van der Waals surface area contributed by atoms with Crippen LogP contribution in [0, 0.1) is 0 Å². The van der Waals surface area contributed by atoms with Gasteiger partial charge in [-0.2, -0.15) is 0 Å². The second-order valence-corrected chi connectivity index (χ2v) is 25.6. The third-order valence-corrected chi connectivity index (χ3v) is 17.4. The largest absolute Gasteiger partial charge is 0.466 e. The molecule has 2 unspecified atom stereocenters. The van der Waals surface area contributed by atoms with E-state index in [1.807, 2.05) is 0 Å². The van der Waals surface area contributed by atoms with Crippen molar-refractivity contribution >= 4 is 11.9 Å². The van der Waals surface area contributed by atoms with E-state index < -0.39 is 12.1 Å². The van der Waals surface area contributed by atoms with Crippen molar-refractivity contribution in [3.8, 4) is 0 Å². The molecule has 0 aliphatic heterocycles. The Balaban J connectivity index is 3.34. The quantitative estimate of drug-likeness (QED) is 0.0320. The number of hydrogen-bond donors (Lipinski definition) is 3. The Kier molecular flexibility index (Phi) is 69.9. The number of ether oxygens (including phenoxy) is 1. The van der Waals surface area contributed by atoms with Crippen molar-refractivity contribution in [2.24, 2.45) is 0 Å². The summed E-state index contributed by atoms with van der Waals surface area (Å²) in [4.78, 5) is 24.6. The van der Waals surface area contributed by atoms with Crippen LogP contribution >= 0.6 is 0 Å². The molecule has 0 rings (SSSR count). The third-order valence-electron chi connectivity index (χ3n) is 17.4. The molecule has 0 saturated heterocycles. The van der Waals surface area contributed by atoms with Gasteiger partial charge in [-0.15, -0.1) is 0 Å². The van der Waals surface area contributed by atoms with E-state index in [0.717, 1.165) is 44.9 Å². The molecule has 0 saturated carbocycles. The standard InChI is InChI=1S/C76H145NO5/c1-3-5-7-9-11-13-15-16-17-18-36-40-43-46-50-54-58-62-66-70-76(81)82-71-67-63-59-55-51-47-44-41-38-35-33-31-29-27-25-23-21-19-20-22-24-26-28-30-32-34-37-39-42-45-49-53-57-61-65-69-75(80)77-73(72-78)74(79)68-64-60-56-52-48-14-12-10-8-6-4-2/h16-17,21,23,27,29,73-74,78-79H,3-15,18-20,22,24-26,28,30-72H2,1-2H3,(H,77,80)/b17-16-,23-21-,29-27-. The van der Waals surface area contributed by atoms with Gasteiger partial charge in [0, 0.05) is 12.8 Å². The van der Waals surface area contributed by atoms with Crippen molar-refractivity contribution in [3.05, 3.63) is 36.5 Å². The van der Waals surface area contributed by atoms with E-state index in [1.54, 1.807) is 0 Å². The molecule has 82 heavy (non-hydrogen) atoms. The van der Waals surface area contributed by atoms with Crippen LogP contribution in [0.15, 0.2) is 36.5 Å². The van der Waals surface area contributed by atoms with Crippen LogP contribution in [0.4, 0.5) is 0 Å². The first kappa shape index (κ1) is 80.1. The minimum absolute atomic E-state index is 0.0169. The van der Waals surface area contributed by atoms with Gasteiger partial charge in [0.1, 0.15) is 0 Å². The predicted octanol–water partition coefficient (Wildman–Crippen LogP) is 24.3. The van der Waals surface area contributed by atoms with Crippen molar-refractivity contribution in [3.63, 3.8) is 0 Å². The Morgan fingerprint density at radius 2 is 0.610 bits per heavy atom. The summed E-state index contributed by atoms with van der Waals surface area (Å²) in [7, 11) is 0. The van der Waals surface area contributed by atoms with Crippen molar-refractivity contribution in [1.82, 2.24) is 5.32 Å². The Labute approximate surface area is 513 Å². The van der Waals surface area contributed by atoms with Gasteiger partial charge < -0.3 is 20.3 Å². The third kappa shape index (κ3) is 67.2. The summed E-state index contributed by atoms with van der Waals surface area (Å²) in [6.07, 6.45) is 92.3. The van der Waals surface area contributed by atoms with E-state index in [2.05, 4.69) is 55.6 Å². The molecule has 1 amide bonds. The van der Waals surface area contributed by atoms with Gasteiger partial charge in [0.05, 0.1) is 25.4 Å². The van der Waals surface area contributed by atoms with Gasteiger partial charge in [-0.1, -0.05) is 352 Å². The van der Waals surface area contributed by atoms with Crippen molar-refractivity contribution < 1.29 is 24.5 Å². The highest BCUT2D eigenvalue weighted by molar-refractivity contribution is 5.76. The molecule has 0 aromatic heterocycles. The minimum atomic E-state index is -0.661. The van der Waals surface area contributed by atoms with Crippen LogP contribution in [0.2, 0.25) is 0 Å². The van der Waals surface area contributed by atoms with E-state index in [1.165, 1.54) is 334 Å². The van der Waals surface area contributed by atoms with Crippen molar-refractivity contribution in [2.45, 2.75) is 424 Å². The van der Waals surface area contributed by atoms with Gasteiger partial charge in [0.25, 0.3) is 0 Å². The fourth-order valence-corrected chi connectivity index (χ4v) is 11.7. The van der Waals surface area contributed by atoms with Crippen LogP contribution in [-0.4, -0.2) is 47.4 Å². The summed E-state index contributed by atoms with van der Waals surface area (Å²) in [6.45, 7) is 4.97. The lowest BCUT2D eigenvalue weighted by Crippen LogP contribution is -2.45. The second kappa shape index (κ2) is 71.6. The SMILES string of the molecule is CCCCCCCC/C=C\CCCCCCCCCCCC(=O)OCCCCCCCCCCCCC/C=C\C/C=C\CCCCCCCCCCCCCCCCCCCC(=O)NC(CO)C(O)CCCCCCCCCCCCC. The number of nitrogens with one attached hydrogen (secondary N) is 1. The molecular formula is C76H145NO5. The summed E-state index contributed by atoms with van der Waals surface area (Å²) < 4.78 is 5.51. The number of amides is 1. The maximum Gasteiger partial charge on any atom is 0.305 e. The molecule has 6 nitrogen and oxygen atoms in total. The van der Waals surface area contributed by atoms with Crippen LogP contribution in [0.25, 0.3) is 0 Å². The van der Waals surface area contributed by atoms with Crippen LogP contribution in [-0.2, 0) is 14.3 Å². The summed E-state index contributed by atoms with van der Waals surface area (Å²) >= 11 is 0. The van der Waals surface area contributed by atoms with Gasteiger partial charge in [0.2, 0.25) is 5.91 Å². The number of aliphatic hydroxyl groups is 2. The Morgan fingerprint density at radius 3 is 0.939 bits per heavy atom. The average molecular weight is 1150 g/mol. The van der Waals surface area contributed by atoms with Crippen LogP contribution in [0.1, 0.15) is 412 Å². The topological polar surface area (TPSA) is 95.9 Å². The van der Waals surface area contributed by atoms with Gasteiger partial charge in [-0.05, 0) is 83.5 Å². The lowest BCUT2D eigenvalue weighted by Gasteiger charge is -2.22. The molecule has 0 heterocycles. The fraction of sp³-hybridized carbons (Fsp3) is 0.895. The summed E-state index contributed by atoms with van der Waals surface area (Å²) in [5.41, 5.74) is 0. The second-order valence-electron chi connectivity index (χ2n) is 25.6. The molecule has 0 radical (unpaired) electrons. The molecule has 2 atom stereocenters. The van der Waals surface area contributed by atoms with E-state index in [0.29, 0.717) is 25.9 Å². The number of esters is 1. The number of allylic oxidation sites excluding steroid dienone is 6. The zero-order valence-electron chi connectivity index (χ0n) is 55.5. The van der Waals surface area contributed by atoms with Gasteiger partial charge in [0.15, 0.2) is 0 Å². The Hall–Kier alpha value is -1.92. The molecule has 0 aliphatic rings. The van der Waals surface area contributed by atoms with E-state index in [9.17, 15) is 19.8 Å². The molecule has 0 aromatic rings. The number of carbonyl (C=O) groups excluding carboxylic acids is 2. The number of rotatable bonds is 70. The molecule has 6 heteroatoms. The van der Waals surface area contributed by atoms with E-state index in [-0.39, 0.29) is 18.5 Å². The van der Waals surface area contributed by atoms with Gasteiger partial charge >= 0.3 is 5.97 Å². The molecule has 0 aliphatic carbocycles. The van der Waals surface area contributed by atoms with E-state index >= 15 is 0 Å². The molecule has 0 aromatic carbocycles. The van der Waals surface area contributed by atoms with Crippen LogP contribution in [0.3, 0.4) is 0 Å². The van der Waals surface area contributed by atoms with Crippen LogP contribution < -0.4 is 5.32 Å². The molecule has 0 bridgehead atoms. The first-order valence-corrected chi connectivity index (χ1v) is 37.2. The number of hydrogen-bond acceptors (Lipinski definition) is 5. The van der Waals surface area contributed by atoms with E-state index in [4.69, 9.17) is 4.74 Å². The first-order chi connectivity index (χ1) is 40.5. The number of carbonyl (C=O) groups is 2. The number of unbranched alkanes of at least 4 members (excludes halogenated alkanes) is 53. The monoisotopic (exact) mass is 1150 g/mol. The molecule has 0 fully saturated rings. The zero-order chi connectivity index (χ0) is 59.2. The van der Waals surface area contributed by atoms with Gasteiger partial charge in [-0.25, -0.2) is 0 Å². The molecule has 0 spiro atoms. The molecule has 484 valence electrons. The lowest BCUT2D eigenvalue weighted by molar-refractivity contribution is -0.143. The van der Waals surface area contributed by atoms with Crippen LogP contribution in [0.5, 0.6) is 0 Å². The molecule has 3 N–H and O–H groups in total. The lowest BCUT2D eigenvalue weighted by atomic mass is 10.0. The maximum absolute atomic E-state index is 12.5. The average Bonchev–Trinajstić information content (AvgIpc) is 3.48. The van der Waals surface area contributed by atoms with Crippen molar-refractivity contribution in [2.75, 3.05) is 13.2 Å². The predicted molar refractivity (Wildman–Crippen MR) is 361 cm³/mol. The first-order valence-electron chi connectivity index (χ1n) is 37.2. The zero-order valence-corrected chi connectivity index (χ0v) is 55.5. The molecular weight excluding hydrogens is 1010 g/mol. The smallest absolute Gasteiger partial charge is 0.305 e. The van der Waals surface area contributed by atoms with Crippen molar-refractivity contribution in [1.29, 1.82) is 0 Å². The summed E-state index contributed by atoms with van der Waals surface area (Å²) in [5.74, 6) is -0.0150. The Morgan fingerprint density at radius 1 is 0.341 bits per heavy atom. The highest BCUT2D eigenvalue weighted by Crippen LogP contribution is 2.19. The minimum Gasteiger partial charge on any atom is -0.466 e. The highest BCUT2D eigenvalue weighted by atomic mass is 16.5. The normalized spacial score (nSPS) is 12.7. The van der Waals surface area contributed by atoms with Gasteiger partial charge in [-0.3, -0.25) is 9.59 Å². The maximum atomic E-state index is 12.5. The summed E-state index contributed by atoms with van der Waals surface area (Å²) in [6, 6.07) is -0.538. The Bertz CT molecular complexity index is 1330. The highest BCUT2D eigenvalue weighted by Gasteiger charge is 2.20.